The maximum Gasteiger partial charge on any atom is 0.126 e. The number of aryl methyl sites for hydroxylation is 1. The minimum Gasteiger partial charge on any atom is -0.375 e. The van der Waals surface area contributed by atoms with E-state index in [1.807, 2.05) is 26.0 Å². The topological polar surface area (TPSA) is 34.1 Å². The zero-order valence-electron chi connectivity index (χ0n) is 9.42. The fourth-order valence-corrected chi connectivity index (χ4v) is 1.13. The zero-order valence-corrected chi connectivity index (χ0v) is 9.42. The molecular formula is C12H18N2O. The lowest BCUT2D eigenvalue weighted by atomic mass is 10.3. The first kappa shape index (κ1) is 11.7. The van der Waals surface area contributed by atoms with Crippen molar-refractivity contribution in [3.63, 3.8) is 0 Å². The SMILES string of the molecule is C=C(C)COCCNc1cc(C)ccn1. The number of rotatable bonds is 6. The Hall–Kier alpha value is -1.35. The predicted molar refractivity (Wildman–Crippen MR) is 63.1 cm³/mol. The van der Waals surface area contributed by atoms with Crippen LogP contribution in [0.2, 0.25) is 0 Å². The molecule has 0 saturated heterocycles. The molecule has 0 aliphatic carbocycles. The molecule has 1 rings (SSSR count). The van der Waals surface area contributed by atoms with Crippen LogP contribution < -0.4 is 5.32 Å². The number of nitrogens with zero attached hydrogens (tertiary/aromatic N) is 1. The normalized spacial score (nSPS) is 10.0. The van der Waals surface area contributed by atoms with Gasteiger partial charge in [-0.05, 0) is 31.5 Å². The van der Waals surface area contributed by atoms with Gasteiger partial charge in [0.15, 0.2) is 0 Å². The van der Waals surface area contributed by atoms with Crippen molar-refractivity contribution in [1.82, 2.24) is 4.98 Å². The van der Waals surface area contributed by atoms with Crippen LogP contribution in [0.25, 0.3) is 0 Å². The van der Waals surface area contributed by atoms with Gasteiger partial charge in [-0.15, -0.1) is 0 Å². The van der Waals surface area contributed by atoms with Crippen molar-refractivity contribution in [2.75, 3.05) is 25.1 Å². The summed E-state index contributed by atoms with van der Waals surface area (Å²) in [4.78, 5) is 4.19. The summed E-state index contributed by atoms with van der Waals surface area (Å²) >= 11 is 0. The summed E-state index contributed by atoms with van der Waals surface area (Å²) in [6.07, 6.45) is 1.80. The van der Waals surface area contributed by atoms with Crippen LogP contribution >= 0.6 is 0 Å². The van der Waals surface area contributed by atoms with E-state index in [1.54, 1.807) is 6.20 Å². The minimum atomic E-state index is 0.628. The molecule has 1 aromatic rings. The Bertz CT molecular complexity index is 323. The van der Waals surface area contributed by atoms with Crippen LogP contribution in [0.1, 0.15) is 12.5 Å². The second-order valence-corrected chi connectivity index (χ2v) is 3.65. The molecule has 0 atom stereocenters. The van der Waals surface area contributed by atoms with Crippen molar-refractivity contribution in [3.8, 4) is 0 Å². The molecule has 0 aliphatic rings. The van der Waals surface area contributed by atoms with Crippen LogP contribution in [0.4, 0.5) is 5.82 Å². The Morgan fingerprint density at radius 2 is 2.40 bits per heavy atom. The van der Waals surface area contributed by atoms with E-state index >= 15 is 0 Å². The number of ether oxygens (including phenoxy) is 1. The van der Waals surface area contributed by atoms with E-state index in [0.29, 0.717) is 13.2 Å². The Kier molecular flexibility index (Phi) is 4.84. The van der Waals surface area contributed by atoms with Gasteiger partial charge < -0.3 is 10.1 Å². The molecule has 0 saturated carbocycles. The number of pyridine rings is 1. The quantitative estimate of drug-likeness (QED) is 0.573. The lowest BCUT2D eigenvalue weighted by Gasteiger charge is -2.06. The highest BCUT2D eigenvalue weighted by Crippen LogP contribution is 2.04. The van der Waals surface area contributed by atoms with Gasteiger partial charge >= 0.3 is 0 Å². The second kappa shape index (κ2) is 6.19. The van der Waals surface area contributed by atoms with Crippen LogP contribution in [0.5, 0.6) is 0 Å². The molecule has 3 heteroatoms. The standard InChI is InChI=1S/C12H18N2O/c1-10(2)9-15-7-6-14-12-8-11(3)4-5-13-12/h4-5,8H,1,6-7,9H2,2-3H3,(H,13,14). The van der Waals surface area contributed by atoms with Gasteiger partial charge in [0.25, 0.3) is 0 Å². The van der Waals surface area contributed by atoms with Gasteiger partial charge in [-0.3, -0.25) is 0 Å². The van der Waals surface area contributed by atoms with Crippen LogP contribution in [0.3, 0.4) is 0 Å². The molecular weight excluding hydrogens is 188 g/mol. The molecule has 1 heterocycles. The number of hydrogen-bond donors (Lipinski definition) is 1. The van der Waals surface area contributed by atoms with Gasteiger partial charge in [0.05, 0.1) is 13.2 Å². The summed E-state index contributed by atoms with van der Waals surface area (Å²) in [5.41, 5.74) is 2.25. The molecule has 15 heavy (non-hydrogen) atoms. The first-order valence-corrected chi connectivity index (χ1v) is 5.07. The third kappa shape index (κ3) is 5.18. The van der Waals surface area contributed by atoms with Crippen LogP contribution in [0.15, 0.2) is 30.5 Å². The predicted octanol–water partition coefficient (Wildman–Crippen LogP) is 2.39. The molecule has 1 N–H and O–H groups in total. The van der Waals surface area contributed by atoms with Crippen molar-refractivity contribution in [3.05, 3.63) is 36.0 Å². The van der Waals surface area contributed by atoms with Gasteiger partial charge in [0.1, 0.15) is 5.82 Å². The average molecular weight is 206 g/mol. The summed E-state index contributed by atoms with van der Waals surface area (Å²) < 4.78 is 5.36. The Morgan fingerprint density at radius 1 is 1.60 bits per heavy atom. The smallest absolute Gasteiger partial charge is 0.126 e. The van der Waals surface area contributed by atoms with Crippen LogP contribution in [0, 0.1) is 6.92 Å². The lowest BCUT2D eigenvalue weighted by molar-refractivity contribution is 0.167. The summed E-state index contributed by atoms with van der Waals surface area (Å²) in [6.45, 7) is 9.83. The third-order valence-corrected chi connectivity index (χ3v) is 1.82. The molecule has 0 radical (unpaired) electrons. The van der Waals surface area contributed by atoms with E-state index in [4.69, 9.17) is 4.74 Å². The van der Waals surface area contributed by atoms with Gasteiger partial charge in [-0.2, -0.15) is 0 Å². The molecule has 0 unspecified atom stereocenters. The summed E-state index contributed by atoms with van der Waals surface area (Å²) in [5, 5.41) is 3.19. The molecule has 1 aromatic heterocycles. The first-order valence-electron chi connectivity index (χ1n) is 5.07. The molecule has 0 bridgehead atoms. The highest BCUT2D eigenvalue weighted by Gasteiger charge is 1.93. The third-order valence-electron chi connectivity index (χ3n) is 1.82. The van der Waals surface area contributed by atoms with E-state index in [1.165, 1.54) is 5.56 Å². The molecule has 3 nitrogen and oxygen atoms in total. The minimum absolute atomic E-state index is 0.628. The largest absolute Gasteiger partial charge is 0.375 e. The maximum atomic E-state index is 5.36. The lowest BCUT2D eigenvalue weighted by Crippen LogP contribution is -2.11. The number of aromatic nitrogens is 1. The number of anilines is 1. The van der Waals surface area contributed by atoms with Gasteiger partial charge in [-0.25, -0.2) is 4.98 Å². The highest BCUT2D eigenvalue weighted by atomic mass is 16.5. The van der Waals surface area contributed by atoms with E-state index in [-0.39, 0.29) is 0 Å². The highest BCUT2D eigenvalue weighted by molar-refractivity contribution is 5.36. The fraction of sp³-hybridized carbons (Fsp3) is 0.417. The fourth-order valence-electron chi connectivity index (χ4n) is 1.13. The molecule has 0 fully saturated rings. The van der Waals surface area contributed by atoms with Gasteiger partial charge in [0.2, 0.25) is 0 Å². The van der Waals surface area contributed by atoms with Gasteiger partial charge in [-0.1, -0.05) is 12.2 Å². The Morgan fingerprint density at radius 3 is 3.07 bits per heavy atom. The average Bonchev–Trinajstić information content (AvgIpc) is 2.17. The van der Waals surface area contributed by atoms with E-state index in [2.05, 4.69) is 16.9 Å². The molecule has 0 spiro atoms. The van der Waals surface area contributed by atoms with Crippen molar-refractivity contribution in [2.24, 2.45) is 0 Å². The van der Waals surface area contributed by atoms with E-state index < -0.39 is 0 Å². The molecule has 0 amide bonds. The Labute approximate surface area is 91.2 Å². The monoisotopic (exact) mass is 206 g/mol. The van der Waals surface area contributed by atoms with Crippen LogP contribution in [-0.2, 0) is 4.74 Å². The van der Waals surface area contributed by atoms with Crippen molar-refractivity contribution >= 4 is 5.82 Å². The number of nitrogens with one attached hydrogen (secondary N) is 1. The molecule has 0 aromatic carbocycles. The van der Waals surface area contributed by atoms with E-state index in [0.717, 1.165) is 17.9 Å². The molecule has 0 aliphatic heterocycles. The van der Waals surface area contributed by atoms with Crippen molar-refractivity contribution < 1.29 is 4.74 Å². The first-order chi connectivity index (χ1) is 7.18. The van der Waals surface area contributed by atoms with Crippen LogP contribution in [-0.4, -0.2) is 24.7 Å². The number of hydrogen-bond acceptors (Lipinski definition) is 3. The summed E-state index contributed by atoms with van der Waals surface area (Å²) in [6, 6.07) is 3.99. The Balaban J connectivity index is 2.17. The second-order valence-electron chi connectivity index (χ2n) is 3.65. The van der Waals surface area contributed by atoms with Gasteiger partial charge in [0, 0.05) is 12.7 Å². The zero-order chi connectivity index (χ0) is 11.1. The maximum absolute atomic E-state index is 5.36. The summed E-state index contributed by atoms with van der Waals surface area (Å²) in [5.74, 6) is 0.897. The van der Waals surface area contributed by atoms with Crippen molar-refractivity contribution in [2.45, 2.75) is 13.8 Å². The van der Waals surface area contributed by atoms with Crippen molar-refractivity contribution in [1.29, 1.82) is 0 Å². The molecule has 82 valence electrons. The van der Waals surface area contributed by atoms with E-state index in [9.17, 15) is 0 Å². The summed E-state index contributed by atoms with van der Waals surface area (Å²) in [7, 11) is 0.